The maximum Gasteiger partial charge on any atom is 0.337 e. The van der Waals surface area contributed by atoms with Crippen LogP contribution in [-0.2, 0) is 14.3 Å². The molecule has 47 heavy (non-hydrogen) atoms. The van der Waals surface area contributed by atoms with Gasteiger partial charge >= 0.3 is 5.97 Å². The average molecular weight is 642 g/mol. The number of carboxylic acids is 1. The summed E-state index contributed by atoms with van der Waals surface area (Å²) < 4.78 is 35.4. The number of anilines is 1. The first-order chi connectivity index (χ1) is 22.3. The number of aryl methyl sites for hydroxylation is 1. The van der Waals surface area contributed by atoms with Gasteiger partial charge in [0.05, 0.1) is 29.6 Å². The fourth-order valence-electron chi connectivity index (χ4n) is 6.50. The molecule has 1 fully saturated rings. The summed E-state index contributed by atoms with van der Waals surface area (Å²) in [7, 11) is 0. The molecule has 3 aliphatic rings. The van der Waals surface area contributed by atoms with Crippen molar-refractivity contribution in [2.75, 3.05) is 24.6 Å². The molecule has 8 nitrogen and oxygen atoms in total. The zero-order valence-corrected chi connectivity index (χ0v) is 28.0. The molecule has 0 unspecified atom stereocenters. The second kappa shape index (κ2) is 12.8. The highest BCUT2D eigenvalue weighted by atomic mass is 19.1. The Morgan fingerprint density at radius 1 is 1.11 bits per heavy atom. The lowest BCUT2D eigenvalue weighted by atomic mass is 9.92. The number of rotatable bonds is 3. The third-order valence-electron chi connectivity index (χ3n) is 8.96. The van der Waals surface area contributed by atoms with Crippen molar-refractivity contribution in [2.24, 2.45) is 0 Å². The molecule has 7 rings (SSSR count). The number of ether oxygens (including phenoxy) is 3. The van der Waals surface area contributed by atoms with Crippen LogP contribution in [0.1, 0.15) is 71.1 Å². The van der Waals surface area contributed by atoms with Crippen molar-refractivity contribution in [1.82, 2.24) is 9.38 Å². The first-order valence-electron chi connectivity index (χ1n) is 16.3. The number of piperidine rings is 1. The predicted molar refractivity (Wildman–Crippen MR) is 182 cm³/mol. The lowest BCUT2D eigenvalue weighted by Gasteiger charge is -2.41. The van der Waals surface area contributed by atoms with Gasteiger partial charge < -0.3 is 24.2 Å². The van der Waals surface area contributed by atoms with Gasteiger partial charge in [0.15, 0.2) is 6.10 Å². The number of carboxylic acid groups (broad SMARTS) is 1. The minimum atomic E-state index is -1.18. The molecule has 3 aliphatic heterocycles. The third-order valence-corrected chi connectivity index (χ3v) is 8.96. The molecular weight excluding hydrogens is 597 g/mol. The summed E-state index contributed by atoms with van der Waals surface area (Å²) in [5.41, 5.74) is 4.36. The highest BCUT2D eigenvalue weighted by molar-refractivity contribution is 5.80. The van der Waals surface area contributed by atoms with Crippen LogP contribution in [0.2, 0.25) is 0 Å². The number of nitrogens with zero attached hydrogens (tertiary/aromatic N) is 3. The number of hydrogen-bond acceptors (Lipinski definition) is 6. The van der Waals surface area contributed by atoms with E-state index in [0.29, 0.717) is 43.1 Å². The fourth-order valence-corrected chi connectivity index (χ4v) is 6.50. The molecule has 0 amide bonds. The van der Waals surface area contributed by atoms with E-state index in [1.165, 1.54) is 12.1 Å². The zero-order chi connectivity index (χ0) is 33.5. The minimum Gasteiger partial charge on any atom is -0.490 e. The van der Waals surface area contributed by atoms with Crippen LogP contribution in [0.3, 0.4) is 0 Å². The van der Waals surface area contributed by atoms with Crippen molar-refractivity contribution in [3.05, 3.63) is 83.8 Å². The second-order valence-corrected chi connectivity index (χ2v) is 14.0. The quantitative estimate of drug-likeness (QED) is 0.226. The average Bonchev–Trinajstić information content (AvgIpc) is 3.43. The zero-order valence-electron chi connectivity index (χ0n) is 28.0. The van der Waals surface area contributed by atoms with Gasteiger partial charge in [-0.1, -0.05) is 30.4 Å². The summed E-state index contributed by atoms with van der Waals surface area (Å²) in [6, 6.07) is 14.5. The Balaban J connectivity index is 1.54. The maximum atomic E-state index is 14.4. The van der Waals surface area contributed by atoms with Gasteiger partial charge in [0, 0.05) is 48.5 Å². The molecule has 0 saturated carbocycles. The minimum absolute atomic E-state index is 0.175. The standard InChI is InChI=1S/C38H44FN3O5/c1-24-20-32-40-30-23-42(32)35(33(24)34(36(43)44)47-37(3,4)5)41-17-15-38(6,16-18-41)45-19-8-7-10-25(2)46-31-22-28(39)13-14-29(31)26-11-9-12-27(30)21-26/h7-9,11-14,20-23,25,34H,10,15-19H2,1-6H3,(H,43,44)/b8-7+/t25-,34-/m0/s1. The van der Waals surface area contributed by atoms with Crippen LogP contribution < -0.4 is 9.64 Å². The molecule has 4 aromatic rings. The number of fused-ring (bicyclic) bond motifs is 7. The summed E-state index contributed by atoms with van der Waals surface area (Å²) in [4.78, 5) is 20.1. The third kappa shape index (κ3) is 7.06. The normalized spacial score (nSPS) is 21.7. The molecule has 1 saturated heterocycles. The lowest BCUT2D eigenvalue weighted by Crippen LogP contribution is -2.45. The Bertz CT molecular complexity index is 1820. The van der Waals surface area contributed by atoms with Gasteiger partial charge in [-0.15, -0.1) is 0 Å². The number of aromatic nitrogens is 2. The lowest BCUT2D eigenvalue weighted by molar-refractivity contribution is -0.160. The van der Waals surface area contributed by atoms with Crippen LogP contribution >= 0.6 is 0 Å². The van der Waals surface area contributed by atoms with Gasteiger partial charge in [-0.2, -0.15) is 0 Å². The number of pyridine rings is 1. The topological polar surface area (TPSA) is 85.5 Å². The van der Waals surface area contributed by atoms with E-state index in [1.807, 2.05) is 87.7 Å². The second-order valence-electron chi connectivity index (χ2n) is 14.0. The number of imidazole rings is 1. The molecule has 1 N–H and O–H groups in total. The molecule has 2 atom stereocenters. The summed E-state index contributed by atoms with van der Waals surface area (Å²) >= 11 is 0. The molecule has 6 bridgehead atoms. The van der Waals surface area contributed by atoms with Gasteiger partial charge in [-0.3, -0.25) is 4.40 Å². The van der Waals surface area contributed by atoms with Crippen LogP contribution in [0, 0.1) is 12.7 Å². The summed E-state index contributed by atoms with van der Waals surface area (Å²) in [6.07, 6.45) is 6.86. The number of halogens is 1. The first kappa shape index (κ1) is 32.7. The highest BCUT2D eigenvalue weighted by Crippen LogP contribution is 2.40. The summed E-state index contributed by atoms with van der Waals surface area (Å²) in [6.45, 7) is 13.5. The SMILES string of the molecule is Cc1cc2nc3cn2c(c1[C@H](OC(C)(C)C)C(=O)O)N1CCC(C)(CC1)OC/C=C/C[C@H](C)Oc1cc(F)ccc1-c1cccc-3c1. The Hall–Kier alpha value is -4.21. The number of hydrogen-bond donors (Lipinski definition) is 1. The number of carbonyl (C=O) groups is 1. The van der Waals surface area contributed by atoms with Gasteiger partial charge in [-0.25, -0.2) is 14.2 Å². The molecule has 9 heteroatoms. The molecule has 5 heterocycles. The first-order valence-corrected chi connectivity index (χ1v) is 16.3. The van der Waals surface area contributed by atoms with Gasteiger partial charge in [0.25, 0.3) is 0 Å². The van der Waals surface area contributed by atoms with Gasteiger partial charge in [-0.05, 0) is 89.8 Å². The largest absolute Gasteiger partial charge is 0.490 e. The molecule has 248 valence electrons. The smallest absolute Gasteiger partial charge is 0.337 e. The van der Waals surface area contributed by atoms with Gasteiger partial charge in [0.2, 0.25) is 0 Å². The van der Waals surface area contributed by atoms with E-state index in [9.17, 15) is 14.3 Å². The Kier molecular flexibility index (Phi) is 8.89. The monoisotopic (exact) mass is 641 g/mol. The molecule has 2 aromatic carbocycles. The predicted octanol–water partition coefficient (Wildman–Crippen LogP) is 8.16. The van der Waals surface area contributed by atoms with Crippen LogP contribution in [-0.4, -0.2) is 57.5 Å². The fraction of sp³-hybridized carbons (Fsp3) is 0.421. The molecule has 0 spiro atoms. The molecule has 2 aromatic heterocycles. The van der Waals surface area contributed by atoms with E-state index in [-0.39, 0.29) is 17.5 Å². The van der Waals surface area contributed by atoms with Crippen molar-refractivity contribution in [1.29, 1.82) is 0 Å². The van der Waals surface area contributed by atoms with Crippen LogP contribution in [0.4, 0.5) is 10.2 Å². The van der Waals surface area contributed by atoms with Crippen LogP contribution in [0.15, 0.2) is 66.9 Å². The van der Waals surface area contributed by atoms with E-state index < -0.39 is 17.7 Å². The van der Waals surface area contributed by atoms with Crippen molar-refractivity contribution < 1.29 is 28.5 Å². The Labute approximate surface area is 275 Å². The number of benzene rings is 2. The van der Waals surface area contributed by atoms with E-state index in [1.54, 1.807) is 6.07 Å². The summed E-state index contributed by atoms with van der Waals surface area (Å²) in [5, 5.41) is 10.5. The van der Waals surface area contributed by atoms with E-state index >= 15 is 0 Å². The summed E-state index contributed by atoms with van der Waals surface area (Å²) in [5.74, 6) is -0.159. The van der Waals surface area contributed by atoms with E-state index in [0.717, 1.165) is 46.6 Å². The Morgan fingerprint density at radius 2 is 1.85 bits per heavy atom. The van der Waals surface area contributed by atoms with Crippen LogP contribution in [0.5, 0.6) is 5.75 Å². The molecular formula is C38H44FN3O5. The van der Waals surface area contributed by atoms with Gasteiger partial charge in [0.1, 0.15) is 23.0 Å². The number of aliphatic carboxylic acids is 1. The van der Waals surface area contributed by atoms with Crippen molar-refractivity contribution in [2.45, 2.75) is 84.2 Å². The highest BCUT2D eigenvalue weighted by Gasteiger charge is 2.37. The van der Waals surface area contributed by atoms with E-state index in [4.69, 9.17) is 19.2 Å². The van der Waals surface area contributed by atoms with E-state index in [2.05, 4.69) is 11.8 Å². The Morgan fingerprint density at radius 3 is 2.57 bits per heavy atom. The molecule has 0 radical (unpaired) electrons. The van der Waals surface area contributed by atoms with Crippen LogP contribution in [0.25, 0.3) is 28.0 Å². The molecule has 0 aliphatic carbocycles. The van der Waals surface area contributed by atoms with Crippen molar-refractivity contribution in [3.63, 3.8) is 0 Å². The van der Waals surface area contributed by atoms with Crippen molar-refractivity contribution >= 4 is 17.4 Å². The van der Waals surface area contributed by atoms with Crippen molar-refractivity contribution in [3.8, 4) is 28.1 Å². The maximum absolute atomic E-state index is 14.4.